The molecule has 0 radical (unpaired) electrons. The van der Waals surface area contributed by atoms with Crippen LogP contribution in [-0.2, 0) is 4.79 Å². The van der Waals surface area contributed by atoms with Crippen molar-refractivity contribution in [1.82, 2.24) is 0 Å². The standard InChI is InChI=1S/C14H14N2O2S2/c1-8-11(12(15)18)13(16-9(2)17)20-14(8)19-10-6-4-3-5-7-10/h3-7H,1-2H3,(H2,15,18)(H,16,17). The van der Waals surface area contributed by atoms with Crippen molar-refractivity contribution in [2.24, 2.45) is 5.73 Å². The third-order valence-corrected chi connectivity index (χ3v) is 5.09. The fourth-order valence-electron chi connectivity index (χ4n) is 1.73. The second-order valence-electron chi connectivity index (χ2n) is 4.18. The summed E-state index contributed by atoms with van der Waals surface area (Å²) in [6.45, 7) is 3.25. The van der Waals surface area contributed by atoms with Crippen LogP contribution in [0.25, 0.3) is 0 Å². The lowest BCUT2D eigenvalue weighted by atomic mass is 10.2. The SMILES string of the molecule is CC(=O)Nc1sc(Sc2ccccc2)c(C)c1C(N)=O. The maximum atomic E-state index is 11.6. The zero-order valence-electron chi connectivity index (χ0n) is 11.1. The maximum Gasteiger partial charge on any atom is 0.252 e. The van der Waals surface area contributed by atoms with Gasteiger partial charge in [0.2, 0.25) is 5.91 Å². The van der Waals surface area contributed by atoms with E-state index in [-0.39, 0.29) is 5.91 Å². The molecule has 104 valence electrons. The molecule has 1 aromatic heterocycles. The van der Waals surface area contributed by atoms with Gasteiger partial charge in [0.1, 0.15) is 5.00 Å². The van der Waals surface area contributed by atoms with Gasteiger partial charge in [0, 0.05) is 11.8 Å². The van der Waals surface area contributed by atoms with Gasteiger partial charge in [-0.25, -0.2) is 0 Å². The van der Waals surface area contributed by atoms with Crippen LogP contribution in [0.1, 0.15) is 22.8 Å². The Hall–Kier alpha value is -1.79. The van der Waals surface area contributed by atoms with E-state index in [9.17, 15) is 9.59 Å². The molecule has 0 aliphatic heterocycles. The third-order valence-electron chi connectivity index (χ3n) is 2.59. The van der Waals surface area contributed by atoms with Crippen LogP contribution in [0.3, 0.4) is 0 Å². The van der Waals surface area contributed by atoms with Crippen molar-refractivity contribution < 1.29 is 9.59 Å². The summed E-state index contributed by atoms with van der Waals surface area (Å²) in [7, 11) is 0. The number of hydrogen-bond donors (Lipinski definition) is 2. The number of anilines is 1. The molecule has 20 heavy (non-hydrogen) atoms. The van der Waals surface area contributed by atoms with Crippen LogP contribution in [-0.4, -0.2) is 11.8 Å². The monoisotopic (exact) mass is 306 g/mol. The van der Waals surface area contributed by atoms with E-state index in [4.69, 9.17) is 5.73 Å². The summed E-state index contributed by atoms with van der Waals surface area (Å²) in [5, 5.41) is 3.18. The van der Waals surface area contributed by atoms with Crippen LogP contribution in [0.5, 0.6) is 0 Å². The van der Waals surface area contributed by atoms with Crippen LogP contribution < -0.4 is 11.1 Å². The highest BCUT2D eigenvalue weighted by molar-refractivity contribution is 8.01. The van der Waals surface area contributed by atoms with Crippen LogP contribution in [0.4, 0.5) is 5.00 Å². The van der Waals surface area contributed by atoms with Crippen molar-refractivity contribution in [3.8, 4) is 0 Å². The number of nitrogens with two attached hydrogens (primary N) is 1. The molecule has 2 aromatic rings. The van der Waals surface area contributed by atoms with E-state index >= 15 is 0 Å². The predicted molar refractivity (Wildman–Crippen MR) is 82.4 cm³/mol. The van der Waals surface area contributed by atoms with Gasteiger partial charge >= 0.3 is 0 Å². The molecule has 2 rings (SSSR count). The van der Waals surface area contributed by atoms with Gasteiger partial charge in [-0.1, -0.05) is 30.0 Å². The number of carbonyl (C=O) groups excluding carboxylic acids is 2. The first-order chi connectivity index (χ1) is 9.49. The maximum absolute atomic E-state index is 11.6. The summed E-state index contributed by atoms with van der Waals surface area (Å²) in [6, 6.07) is 9.84. The minimum Gasteiger partial charge on any atom is -0.365 e. The Morgan fingerprint density at radius 3 is 2.45 bits per heavy atom. The highest BCUT2D eigenvalue weighted by Gasteiger charge is 2.20. The van der Waals surface area contributed by atoms with Gasteiger partial charge in [0.25, 0.3) is 5.91 Å². The summed E-state index contributed by atoms with van der Waals surface area (Å²) in [4.78, 5) is 23.8. The molecule has 0 fully saturated rings. The molecule has 0 aliphatic carbocycles. The van der Waals surface area contributed by atoms with Gasteiger partial charge in [-0.2, -0.15) is 0 Å². The van der Waals surface area contributed by atoms with Crippen molar-refractivity contribution >= 4 is 39.9 Å². The minimum absolute atomic E-state index is 0.218. The van der Waals surface area contributed by atoms with Crippen LogP contribution in [0.2, 0.25) is 0 Å². The fraction of sp³-hybridized carbons (Fsp3) is 0.143. The fourth-order valence-corrected chi connectivity index (χ4v) is 4.19. The van der Waals surface area contributed by atoms with Gasteiger partial charge in [0.05, 0.1) is 9.77 Å². The first kappa shape index (κ1) is 14.6. The highest BCUT2D eigenvalue weighted by atomic mass is 32.2. The number of rotatable bonds is 4. The van der Waals surface area contributed by atoms with Crippen LogP contribution in [0.15, 0.2) is 39.4 Å². The number of carbonyl (C=O) groups is 2. The van der Waals surface area contributed by atoms with Crippen molar-refractivity contribution in [3.05, 3.63) is 41.5 Å². The molecule has 0 spiro atoms. The van der Waals surface area contributed by atoms with Crippen molar-refractivity contribution in [3.63, 3.8) is 0 Å². The number of benzene rings is 1. The van der Waals surface area contributed by atoms with E-state index < -0.39 is 5.91 Å². The summed E-state index contributed by atoms with van der Waals surface area (Å²) in [6.07, 6.45) is 0. The molecule has 0 atom stereocenters. The number of primary amides is 1. The Morgan fingerprint density at radius 1 is 1.25 bits per heavy atom. The van der Waals surface area contributed by atoms with E-state index in [0.717, 1.165) is 14.7 Å². The molecule has 6 heteroatoms. The normalized spacial score (nSPS) is 10.3. The van der Waals surface area contributed by atoms with E-state index in [1.165, 1.54) is 18.3 Å². The zero-order valence-corrected chi connectivity index (χ0v) is 12.7. The molecule has 0 aliphatic rings. The Kier molecular flexibility index (Phi) is 4.46. The van der Waals surface area contributed by atoms with Gasteiger partial charge < -0.3 is 11.1 Å². The van der Waals surface area contributed by atoms with Gasteiger partial charge in [-0.3, -0.25) is 9.59 Å². The number of thiophene rings is 1. The minimum atomic E-state index is -0.526. The number of hydrogen-bond acceptors (Lipinski definition) is 4. The lowest BCUT2D eigenvalue weighted by molar-refractivity contribution is -0.114. The van der Waals surface area contributed by atoms with Gasteiger partial charge in [-0.05, 0) is 24.6 Å². The molecule has 1 heterocycles. The number of amides is 2. The smallest absolute Gasteiger partial charge is 0.252 e. The quantitative estimate of drug-likeness (QED) is 0.910. The molecule has 4 nitrogen and oxygen atoms in total. The van der Waals surface area contributed by atoms with Crippen molar-refractivity contribution in [2.45, 2.75) is 23.0 Å². The predicted octanol–water partition coefficient (Wildman–Crippen LogP) is 3.27. The van der Waals surface area contributed by atoms with Gasteiger partial charge in [-0.15, -0.1) is 11.3 Å². The zero-order chi connectivity index (χ0) is 14.7. The summed E-state index contributed by atoms with van der Waals surface area (Å²) in [5.41, 5.74) is 6.60. The van der Waals surface area contributed by atoms with Gasteiger partial charge in [0.15, 0.2) is 0 Å². The molecule has 3 N–H and O–H groups in total. The summed E-state index contributed by atoms with van der Waals surface area (Å²) >= 11 is 2.92. The lowest BCUT2D eigenvalue weighted by Crippen LogP contribution is -2.15. The Labute approximate surface area is 125 Å². The van der Waals surface area contributed by atoms with Crippen LogP contribution >= 0.6 is 23.1 Å². The average molecular weight is 306 g/mol. The highest BCUT2D eigenvalue weighted by Crippen LogP contribution is 2.42. The van der Waals surface area contributed by atoms with E-state index in [1.807, 2.05) is 37.3 Å². The Morgan fingerprint density at radius 2 is 1.90 bits per heavy atom. The molecule has 0 saturated carbocycles. The second-order valence-corrected chi connectivity index (χ2v) is 6.54. The molecular formula is C14H14N2O2S2. The molecular weight excluding hydrogens is 292 g/mol. The molecule has 0 unspecified atom stereocenters. The van der Waals surface area contributed by atoms with Crippen LogP contribution in [0, 0.1) is 6.92 Å². The largest absolute Gasteiger partial charge is 0.365 e. The lowest BCUT2D eigenvalue weighted by Gasteiger charge is -2.01. The van der Waals surface area contributed by atoms with E-state index in [2.05, 4.69) is 5.32 Å². The first-order valence-electron chi connectivity index (χ1n) is 5.92. The van der Waals surface area contributed by atoms with Crippen molar-refractivity contribution in [1.29, 1.82) is 0 Å². The summed E-state index contributed by atoms with van der Waals surface area (Å²) in [5.74, 6) is -0.743. The Balaban J connectivity index is 2.39. The topological polar surface area (TPSA) is 72.2 Å². The first-order valence-corrected chi connectivity index (χ1v) is 7.56. The molecule has 1 aromatic carbocycles. The average Bonchev–Trinajstić information content (AvgIpc) is 2.66. The Bertz CT molecular complexity index is 651. The second kappa shape index (κ2) is 6.11. The molecule has 2 amide bonds. The van der Waals surface area contributed by atoms with E-state index in [0.29, 0.717) is 10.6 Å². The van der Waals surface area contributed by atoms with Crippen molar-refractivity contribution in [2.75, 3.05) is 5.32 Å². The number of nitrogens with one attached hydrogen (secondary N) is 1. The summed E-state index contributed by atoms with van der Waals surface area (Å²) < 4.78 is 0.953. The van der Waals surface area contributed by atoms with E-state index in [1.54, 1.807) is 11.8 Å². The molecule has 0 bridgehead atoms. The third kappa shape index (κ3) is 3.20. The molecule has 0 saturated heterocycles.